The topological polar surface area (TPSA) is 18.5 Å². The van der Waals surface area contributed by atoms with E-state index >= 15 is 0 Å². The van der Waals surface area contributed by atoms with Gasteiger partial charge in [-0.1, -0.05) is 44.9 Å². The SMILES string of the molecule is C#CC(c1ccccc1OC(F)(F)F)C(O[SiH](C)C)C(C)(C)C. The number of hydrogen-bond acceptors (Lipinski definition) is 2. The average molecular weight is 344 g/mol. The summed E-state index contributed by atoms with van der Waals surface area (Å²) in [5, 5.41) is 0. The molecule has 0 radical (unpaired) electrons. The number of benzene rings is 1. The fraction of sp³-hybridized carbons (Fsp3) is 0.529. The molecule has 0 aliphatic heterocycles. The summed E-state index contributed by atoms with van der Waals surface area (Å²) in [5.74, 6) is 1.71. The van der Waals surface area contributed by atoms with Crippen molar-refractivity contribution in [2.45, 2.75) is 52.2 Å². The van der Waals surface area contributed by atoms with Gasteiger partial charge in [0, 0.05) is 5.56 Å². The van der Waals surface area contributed by atoms with Crippen LogP contribution in [0, 0.1) is 17.8 Å². The lowest BCUT2D eigenvalue weighted by Gasteiger charge is -2.37. The second-order valence-electron chi connectivity index (χ2n) is 6.70. The van der Waals surface area contributed by atoms with Crippen LogP contribution in [0.15, 0.2) is 24.3 Å². The van der Waals surface area contributed by atoms with Crippen molar-refractivity contribution in [2.24, 2.45) is 5.41 Å². The van der Waals surface area contributed by atoms with E-state index in [9.17, 15) is 13.2 Å². The van der Waals surface area contributed by atoms with E-state index in [4.69, 9.17) is 10.8 Å². The van der Waals surface area contributed by atoms with Crippen LogP contribution in [0.2, 0.25) is 13.1 Å². The number of ether oxygens (including phenoxy) is 1. The Kier molecular flexibility index (Phi) is 6.31. The van der Waals surface area contributed by atoms with Gasteiger partial charge in [-0.3, -0.25) is 0 Å². The first-order valence-corrected chi connectivity index (χ1v) is 10.2. The average Bonchev–Trinajstić information content (AvgIpc) is 2.37. The van der Waals surface area contributed by atoms with Gasteiger partial charge in [0.25, 0.3) is 0 Å². The Bertz CT molecular complexity index is 556. The second-order valence-corrected chi connectivity index (χ2v) is 9.07. The van der Waals surface area contributed by atoms with E-state index in [0.717, 1.165) is 0 Å². The van der Waals surface area contributed by atoms with E-state index in [1.807, 2.05) is 33.9 Å². The highest BCUT2D eigenvalue weighted by atomic mass is 28.3. The molecular weight excluding hydrogens is 321 g/mol. The fourth-order valence-corrected chi connectivity index (χ4v) is 3.52. The van der Waals surface area contributed by atoms with Crippen molar-refractivity contribution >= 4 is 9.04 Å². The fourth-order valence-electron chi connectivity index (χ4n) is 2.37. The smallest absolute Gasteiger partial charge is 0.416 e. The highest BCUT2D eigenvalue weighted by Crippen LogP contribution is 2.39. The Morgan fingerprint density at radius 1 is 1.13 bits per heavy atom. The molecule has 128 valence electrons. The molecule has 2 nitrogen and oxygen atoms in total. The third-order valence-corrected chi connectivity index (χ3v) is 4.07. The summed E-state index contributed by atoms with van der Waals surface area (Å²) in [6, 6.07) is 5.98. The highest BCUT2D eigenvalue weighted by molar-refractivity contribution is 6.48. The molecule has 0 saturated carbocycles. The van der Waals surface area contributed by atoms with E-state index in [1.165, 1.54) is 12.1 Å². The molecular formula is C17H23F3O2Si. The molecule has 0 amide bonds. The summed E-state index contributed by atoms with van der Waals surface area (Å²) in [7, 11) is -1.44. The zero-order valence-corrected chi connectivity index (χ0v) is 15.2. The maximum atomic E-state index is 12.6. The number of alkyl halides is 3. The molecule has 0 spiro atoms. The van der Waals surface area contributed by atoms with Crippen molar-refractivity contribution in [3.8, 4) is 18.1 Å². The third-order valence-electron chi connectivity index (χ3n) is 3.23. The monoisotopic (exact) mass is 344 g/mol. The van der Waals surface area contributed by atoms with Crippen LogP contribution >= 0.6 is 0 Å². The number of rotatable bonds is 5. The Morgan fingerprint density at radius 3 is 2.13 bits per heavy atom. The first-order valence-electron chi connectivity index (χ1n) is 7.42. The van der Waals surface area contributed by atoms with Gasteiger partial charge in [0.05, 0.1) is 12.0 Å². The minimum atomic E-state index is -4.76. The van der Waals surface area contributed by atoms with Crippen LogP contribution in [0.1, 0.15) is 32.3 Å². The Labute approximate surface area is 137 Å². The lowest BCUT2D eigenvalue weighted by atomic mass is 9.78. The highest BCUT2D eigenvalue weighted by Gasteiger charge is 2.37. The molecule has 23 heavy (non-hydrogen) atoms. The molecule has 0 heterocycles. The van der Waals surface area contributed by atoms with Crippen molar-refractivity contribution in [2.75, 3.05) is 0 Å². The van der Waals surface area contributed by atoms with Crippen LogP contribution in [-0.2, 0) is 4.43 Å². The number of para-hydroxylation sites is 1. The molecule has 6 heteroatoms. The Balaban J connectivity index is 3.31. The van der Waals surface area contributed by atoms with Gasteiger partial charge in [-0.25, -0.2) is 0 Å². The van der Waals surface area contributed by atoms with Crippen LogP contribution in [0.5, 0.6) is 5.75 Å². The maximum absolute atomic E-state index is 12.6. The standard InChI is InChI=1S/C17H23F3O2Si/c1-7-12(15(16(2,3)4)22-23(5)6)13-10-8-9-11-14(13)21-17(18,19)20/h1,8-12,15,23H,2-6H3. The van der Waals surface area contributed by atoms with Crippen molar-refractivity contribution in [3.05, 3.63) is 29.8 Å². The predicted octanol–water partition coefficient (Wildman–Crippen LogP) is 4.72. The molecule has 0 fully saturated rings. The largest absolute Gasteiger partial charge is 0.573 e. The van der Waals surface area contributed by atoms with Gasteiger partial charge < -0.3 is 9.16 Å². The van der Waals surface area contributed by atoms with E-state index in [1.54, 1.807) is 12.1 Å². The molecule has 1 rings (SSSR count). The number of hydrogen-bond donors (Lipinski definition) is 0. The van der Waals surface area contributed by atoms with Crippen molar-refractivity contribution in [1.82, 2.24) is 0 Å². The molecule has 1 aromatic carbocycles. The molecule has 0 aliphatic carbocycles. The van der Waals surface area contributed by atoms with Crippen molar-refractivity contribution < 1.29 is 22.3 Å². The van der Waals surface area contributed by atoms with Crippen LogP contribution < -0.4 is 4.74 Å². The Morgan fingerprint density at radius 2 is 1.70 bits per heavy atom. The predicted molar refractivity (Wildman–Crippen MR) is 87.9 cm³/mol. The van der Waals surface area contributed by atoms with Crippen LogP contribution in [-0.4, -0.2) is 21.5 Å². The third kappa shape index (κ3) is 5.92. The van der Waals surface area contributed by atoms with E-state index in [0.29, 0.717) is 5.56 Å². The van der Waals surface area contributed by atoms with Gasteiger partial charge in [0.2, 0.25) is 0 Å². The van der Waals surface area contributed by atoms with Gasteiger partial charge in [-0.05, 0) is 24.6 Å². The summed E-state index contributed by atoms with van der Waals surface area (Å²) < 4.78 is 48.1. The molecule has 0 aliphatic rings. The minimum Gasteiger partial charge on any atom is -0.416 e. The van der Waals surface area contributed by atoms with Crippen molar-refractivity contribution in [1.29, 1.82) is 0 Å². The van der Waals surface area contributed by atoms with E-state index in [2.05, 4.69) is 10.7 Å². The van der Waals surface area contributed by atoms with Gasteiger partial charge in [-0.2, -0.15) is 0 Å². The number of halogens is 3. The Hall–Kier alpha value is -1.45. The molecule has 0 saturated heterocycles. The lowest BCUT2D eigenvalue weighted by molar-refractivity contribution is -0.275. The van der Waals surface area contributed by atoms with Gasteiger partial charge in [0.15, 0.2) is 9.04 Å². The minimum absolute atomic E-state index is 0.272. The quantitative estimate of drug-likeness (QED) is 0.568. The van der Waals surface area contributed by atoms with Crippen LogP contribution in [0.25, 0.3) is 0 Å². The lowest BCUT2D eigenvalue weighted by Crippen LogP contribution is -2.38. The van der Waals surface area contributed by atoms with Gasteiger partial charge in [-0.15, -0.1) is 19.6 Å². The van der Waals surface area contributed by atoms with Crippen LogP contribution in [0.4, 0.5) is 13.2 Å². The summed E-state index contributed by atoms with van der Waals surface area (Å²) >= 11 is 0. The zero-order chi connectivity index (χ0) is 17.8. The van der Waals surface area contributed by atoms with E-state index in [-0.39, 0.29) is 11.2 Å². The van der Waals surface area contributed by atoms with Crippen molar-refractivity contribution in [3.63, 3.8) is 0 Å². The van der Waals surface area contributed by atoms with Gasteiger partial charge >= 0.3 is 6.36 Å². The molecule has 0 aromatic heterocycles. The number of terminal acetylenes is 1. The molecule has 1 aromatic rings. The first kappa shape index (κ1) is 19.6. The maximum Gasteiger partial charge on any atom is 0.573 e. The van der Waals surface area contributed by atoms with Crippen LogP contribution in [0.3, 0.4) is 0 Å². The second kappa shape index (κ2) is 7.41. The van der Waals surface area contributed by atoms with Gasteiger partial charge in [0.1, 0.15) is 5.75 Å². The summed E-state index contributed by atoms with van der Waals surface area (Å²) in [4.78, 5) is 0. The zero-order valence-electron chi connectivity index (χ0n) is 14.1. The molecule has 0 N–H and O–H groups in total. The normalized spacial score (nSPS) is 15.1. The van der Waals surface area contributed by atoms with E-state index < -0.39 is 27.4 Å². The molecule has 0 bridgehead atoms. The summed E-state index contributed by atoms with van der Waals surface area (Å²) in [5.41, 5.74) is 0.00141. The first-order chi connectivity index (χ1) is 10.5. The summed E-state index contributed by atoms with van der Waals surface area (Å²) in [6.07, 6.45) is 0.504. The molecule has 2 atom stereocenters. The summed E-state index contributed by atoms with van der Waals surface area (Å²) in [6.45, 7) is 9.90. The molecule has 2 unspecified atom stereocenters.